The molecule has 152 valence electrons. The van der Waals surface area contributed by atoms with E-state index >= 15 is 0 Å². The first kappa shape index (κ1) is 20.5. The number of nitrogens with one attached hydrogen (secondary N) is 1. The Kier molecular flexibility index (Phi) is 5.69. The highest BCUT2D eigenvalue weighted by atomic mass is 32.2. The number of carbonyl (C=O) groups is 2. The van der Waals surface area contributed by atoms with Crippen molar-refractivity contribution in [1.29, 1.82) is 0 Å². The van der Waals surface area contributed by atoms with Gasteiger partial charge in [-0.3, -0.25) is 14.5 Å². The van der Waals surface area contributed by atoms with Crippen molar-refractivity contribution in [3.05, 3.63) is 65.7 Å². The van der Waals surface area contributed by atoms with Crippen molar-refractivity contribution < 1.29 is 22.7 Å². The number of hydrogen-bond acceptors (Lipinski definition) is 6. The third-order valence-electron chi connectivity index (χ3n) is 4.33. The summed E-state index contributed by atoms with van der Waals surface area (Å²) in [5.74, 6) is -1.07. The summed E-state index contributed by atoms with van der Waals surface area (Å²) in [6.07, 6.45) is -1.12. The van der Waals surface area contributed by atoms with E-state index in [4.69, 9.17) is 4.74 Å². The van der Waals surface area contributed by atoms with Gasteiger partial charge >= 0.3 is 5.97 Å². The van der Waals surface area contributed by atoms with Crippen LogP contribution >= 0.6 is 0 Å². The van der Waals surface area contributed by atoms with Gasteiger partial charge in [-0.25, -0.2) is 13.2 Å². The van der Waals surface area contributed by atoms with Gasteiger partial charge in [0.25, 0.3) is 15.9 Å². The van der Waals surface area contributed by atoms with Gasteiger partial charge in [-0.05, 0) is 19.1 Å². The second-order valence-electron chi connectivity index (χ2n) is 6.72. The standard InChI is InChI=1S/C20H21N3O5S/c1-13(21-18-15-11-7-8-12-16(15)29(26,27)22-18)20(25)28-17(19(24)23(2)3)14-9-5-4-6-10-14/h4-13,17H,1-3H3,(H,21,22)/t13-,17?/m0/s1. The molecule has 1 aliphatic heterocycles. The maximum atomic E-state index is 12.6. The van der Waals surface area contributed by atoms with E-state index in [1.165, 1.54) is 17.9 Å². The van der Waals surface area contributed by atoms with Crippen LogP contribution < -0.4 is 4.72 Å². The summed E-state index contributed by atoms with van der Waals surface area (Å²) >= 11 is 0. The molecule has 29 heavy (non-hydrogen) atoms. The summed E-state index contributed by atoms with van der Waals surface area (Å²) < 4.78 is 32.2. The van der Waals surface area contributed by atoms with Crippen LogP contribution in [0, 0.1) is 0 Å². The Morgan fingerprint density at radius 2 is 1.66 bits per heavy atom. The van der Waals surface area contributed by atoms with Gasteiger partial charge in [-0.1, -0.05) is 42.5 Å². The quantitative estimate of drug-likeness (QED) is 0.745. The molecule has 0 saturated carbocycles. The Bertz CT molecular complexity index is 1060. The van der Waals surface area contributed by atoms with E-state index in [0.29, 0.717) is 11.1 Å². The first-order chi connectivity index (χ1) is 13.7. The fourth-order valence-electron chi connectivity index (χ4n) is 2.81. The average Bonchev–Trinajstić information content (AvgIpc) is 2.96. The van der Waals surface area contributed by atoms with Crippen LogP contribution in [0.4, 0.5) is 0 Å². The molecule has 1 amide bonds. The number of likely N-dealkylation sites (N-methyl/N-ethyl adjacent to an activating group) is 1. The Balaban J connectivity index is 1.84. The number of amides is 1. The van der Waals surface area contributed by atoms with Crippen LogP contribution in [-0.4, -0.2) is 51.2 Å². The van der Waals surface area contributed by atoms with Crippen LogP contribution in [0.3, 0.4) is 0 Å². The van der Waals surface area contributed by atoms with Crippen molar-refractivity contribution in [2.45, 2.75) is 24.0 Å². The Morgan fingerprint density at radius 1 is 1.03 bits per heavy atom. The Morgan fingerprint density at radius 3 is 2.31 bits per heavy atom. The molecule has 0 fully saturated rings. The average molecular weight is 415 g/mol. The molecule has 0 aromatic heterocycles. The van der Waals surface area contributed by atoms with Crippen molar-refractivity contribution in [1.82, 2.24) is 9.62 Å². The smallest absolute Gasteiger partial charge is 0.331 e. The normalized spacial score (nSPS) is 17.7. The summed E-state index contributed by atoms with van der Waals surface area (Å²) in [4.78, 5) is 30.8. The van der Waals surface area contributed by atoms with Crippen molar-refractivity contribution in [3.8, 4) is 0 Å². The minimum Gasteiger partial charge on any atom is -0.446 e. The molecule has 1 N–H and O–H groups in total. The fraction of sp³-hybridized carbons (Fsp3) is 0.250. The molecule has 0 radical (unpaired) electrons. The van der Waals surface area contributed by atoms with Crippen LogP contribution in [0.5, 0.6) is 0 Å². The topological polar surface area (TPSA) is 105 Å². The predicted octanol–water partition coefficient (Wildman–Crippen LogP) is 1.49. The lowest BCUT2D eigenvalue weighted by Crippen LogP contribution is -2.34. The molecule has 0 aliphatic carbocycles. The predicted molar refractivity (Wildman–Crippen MR) is 107 cm³/mol. The SMILES string of the molecule is C[C@H](N=C1NS(=O)(=O)c2ccccc21)C(=O)OC(C(=O)N(C)C)c1ccccc1. The third-order valence-corrected chi connectivity index (χ3v) is 5.73. The Hall–Kier alpha value is -3.20. The van der Waals surface area contributed by atoms with E-state index in [1.807, 2.05) is 0 Å². The number of benzene rings is 2. The van der Waals surface area contributed by atoms with Crippen molar-refractivity contribution >= 4 is 27.7 Å². The molecule has 3 rings (SSSR count). The second-order valence-corrected chi connectivity index (χ2v) is 8.37. The number of carbonyl (C=O) groups excluding carboxylic acids is 2. The van der Waals surface area contributed by atoms with Crippen LogP contribution in [-0.2, 0) is 24.3 Å². The molecule has 0 bridgehead atoms. The van der Waals surface area contributed by atoms with E-state index in [-0.39, 0.29) is 10.7 Å². The zero-order valence-corrected chi connectivity index (χ0v) is 17.0. The number of amidine groups is 1. The lowest BCUT2D eigenvalue weighted by Gasteiger charge is -2.22. The first-order valence-corrected chi connectivity index (χ1v) is 10.4. The highest BCUT2D eigenvalue weighted by Gasteiger charge is 2.33. The van der Waals surface area contributed by atoms with E-state index in [0.717, 1.165) is 0 Å². The van der Waals surface area contributed by atoms with Gasteiger partial charge in [-0.2, -0.15) is 0 Å². The maximum absolute atomic E-state index is 12.6. The molecular formula is C20H21N3O5S. The van der Waals surface area contributed by atoms with E-state index in [2.05, 4.69) is 9.71 Å². The van der Waals surface area contributed by atoms with Crippen molar-refractivity contribution in [2.24, 2.45) is 4.99 Å². The third kappa shape index (κ3) is 4.29. The molecule has 0 spiro atoms. The number of rotatable bonds is 5. The molecule has 1 unspecified atom stereocenters. The van der Waals surface area contributed by atoms with Gasteiger partial charge in [0.1, 0.15) is 11.9 Å². The molecule has 9 heteroatoms. The van der Waals surface area contributed by atoms with Crippen molar-refractivity contribution in [2.75, 3.05) is 14.1 Å². The molecule has 2 aromatic carbocycles. The van der Waals surface area contributed by atoms with Crippen molar-refractivity contribution in [3.63, 3.8) is 0 Å². The lowest BCUT2D eigenvalue weighted by atomic mass is 10.1. The van der Waals surface area contributed by atoms with Crippen LogP contribution in [0.25, 0.3) is 0 Å². The van der Waals surface area contributed by atoms with Gasteiger partial charge < -0.3 is 9.64 Å². The molecule has 8 nitrogen and oxygen atoms in total. The molecular weight excluding hydrogens is 394 g/mol. The molecule has 1 aliphatic rings. The van der Waals surface area contributed by atoms with Crippen LogP contribution in [0.1, 0.15) is 24.2 Å². The Labute approximate surface area is 169 Å². The van der Waals surface area contributed by atoms with Gasteiger partial charge in [0.05, 0.1) is 4.90 Å². The summed E-state index contributed by atoms with van der Waals surface area (Å²) in [5, 5.41) is 0. The highest BCUT2D eigenvalue weighted by molar-refractivity contribution is 7.90. The summed E-state index contributed by atoms with van der Waals surface area (Å²) in [7, 11) is -0.572. The molecule has 2 aromatic rings. The van der Waals surface area contributed by atoms with E-state index < -0.39 is 34.0 Å². The molecule has 1 heterocycles. The molecule has 2 atom stereocenters. The lowest BCUT2D eigenvalue weighted by molar-refractivity contribution is -0.160. The van der Waals surface area contributed by atoms with Gasteiger partial charge in [0.15, 0.2) is 0 Å². The zero-order chi connectivity index (χ0) is 21.2. The van der Waals surface area contributed by atoms with E-state index in [9.17, 15) is 18.0 Å². The van der Waals surface area contributed by atoms with E-state index in [1.54, 1.807) is 62.6 Å². The zero-order valence-electron chi connectivity index (χ0n) is 16.2. The first-order valence-electron chi connectivity index (χ1n) is 8.87. The number of sulfonamides is 1. The van der Waals surface area contributed by atoms with Gasteiger partial charge in [-0.15, -0.1) is 0 Å². The minimum absolute atomic E-state index is 0.0697. The second kappa shape index (κ2) is 8.04. The van der Waals surface area contributed by atoms with Crippen LogP contribution in [0.2, 0.25) is 0 Å². The van der Waals surface area contributed by atoms with Gasteiger partial charge in [0.2, 0.25) is 6.10 Å². The summed E-state index contributed by atoms with van der Waals surface area (Å²) in [6.45, 7) is 1.48. The molecule has 0 saturated heterocycles. The summed E-state index contributed by atoms with van der Waals surface area (Å²) in [6, 6.07) is 14.0. The number of fused-ring (bicyclic) bond motifs is 1. The minimum atomic E-state index is -3.71. The number of ether oxygens (including phenoxy) is 1. The fourth-order valence-corrected chi connectivity index (χ4v) is 4.05. The van der Waals surface area contributed by atoms with Gasteiger partial charge in [0, 0.05) is 25.2 Å². The maximum Gasteiger partial charge on any atom is 0.331 e. The number of esters is 1. The largest absolute Gasteiger partial charge is 0.446 e. The monoisotopic (exact) mass is 415 g/mol. The summed E-state index contributed by atoms with van der Waals surface area (Å²) in [5.41, 5.74) is 0.919. The van der Waals surface area contributed by atoms with Crippen LogP contribution in [0.15, 0.2) is 64.5 Å². The number of hydrogen-bond donors (Lipinski definition) is 1. The highest BCUT2D eigenvalue weighted by Crippen LogP contribution is 2.24. The number of nitrogens with zero attached hydrogens (tertiary/aromatic N) is 2. The number of aliphatic imine (C=N–C) groups is 1.